The molecule has 0 atom stereocenters. The Hall–Kier alpha value is -4.54. The Morgan fingerprint density at radius 3 is 2.42 bits per heavy atom. The minimum Gasteiger partial charge on any atom is -0.394 e. The van der Waals surface area contributed by atoms with Crippen LogP contribution in [0.3, 0.4) is 0 Å². The number of H-pyrrole nitrogens is 1. The molecule has 2 aromatic carbocycles. The Morgan fingerprint density at radius 1 is 1.15 bits per heavy atom. The monoisotopic (exact) mass is 551 g/mol. The number of rotatable bonds is 8. The van der Waals surface area contributed by atoms with Gasteiger partial charge in [0.05, 0.1) is 6.54 Å². The molecule has 0 saturated heterocycles. The summed E-state index contributed by atoms with van der Waals surface area (Å²) < 4.78 is 40.2. The first-order valence-corrected chi connectivity index (χ1v) is 12.7. The number of nitrogens with zero attached hydrogens (tertiary/aromatic N) is 4. The Bertz CT molecular complexity index is 1630. The Kier molecular flexibility index (Phi) is 8.03. The van der Waals surface area contributed by atoms with Crippen molar-refractivity contribution >= 4 is 22.7 Å². The van der Waals surface area contributed by atoms with Crippen LogP contribution in [0.1, 0.15) is 43.4 Å². The number of hydrogen-bond acceptors (Lipinski definition) is 6. The van der Waals surface area contributed by atoms with Crippen LogP contribution in [0.4, 0.5) is 19.0 Å². The van der Waals surface area contributed by atoms with E-state index in [1.807, 2.05) is 36.4 Å². The fraction of sp³-hybridized carbons (Fsp3) is 0.276. The van der Waals surface area contributed by atoms with Gasteiger partial charge >= 0.3 is 11.9 Å². The fourth-order valence-corrected chi connectivity index (χ4v) is 4.57. The minimum absolute atomic E-state index is 0.229. The molecule has 0 fully saturated rings. The maximum Gasteiger partial charge on any atom is 0.432 e. The molecule has 0 radical (unpaired) electrons. The number of imidazole rings is 1. The second-order valence-electron chi connectivity index (χ2n) is 9.67. The number of nitrogens with two attached hydrogens (primary N) is 1. The van der Waals surface area contributed by atoms with Crippen molar-refractivity contribution in [2.24, 2.45) is 5.73 Å². The van der Waals surface area contributed by atoms with E-state index in [2.05, 4.69) is 29.1 Å². The molecule has 2 heterocycles. The molecule has 4 rings (SSSR count). The molecule has 0 amide bonds. The molecular weight excluding hydrogens is 519 g/mol. The van der Waals surface area contributed by atoms with E-state index < -0.39 is 11.9 Å². The standard InChI is InChI=1S/C29H32F3N7O/c1-6-22(38(5)16-23(33)29(30,31)32)19-13-11-18(12-14-19)15-39-27-24(35-28(39)40)26(34-4)36-25(37-27)21-10-8-7-9-20(21)17(2)3/h6-14,16-17H,15,33H2,1-5H3,(H,35,40)(H,34,36,37)/b22-6-,23-16-. The highest BCUT2D eigenvalue weighted by molar-refractivity contribution is 5.85. The number of anilines is 1. The van der Waals surface area contributed by atoms with Gasteiger partial charge < -0.3 is 20.9 Å². The van der Waals surface area contributed by atoms with E-state index in [0.29, 0.717) is 34.1 Å². The number of halogens is 3. The molecule has 0 bridgehead atoms. The minimum atomic E-state index is -4.61. The van der Waals surface area contributed by atoms with Gasteiger partial charge in [-0.2, -0.15) is 13.2 Å². The Morgan fingerprint density at radius 2 is 1.82 bits per heavy atom. The molecule has 0 unspecified atom stereocenters. The van der Waals surface area contributed by atoms with Crippen molar-refractivity contribution in [2.45, 2.75) is 39.4 Å². The molecule has 8 nitrogen and oxygen atoms in total. The van der Waals surface area contributed by atoms with Gasteiger partial charge in [-0.15, -0.1) is 0 Å². The third-order valence-electron chi connectivity index (χ3n) is 6.59. The predicted molar refractivity (Wildman–Crippen MR) is 153 cm³/mol. The Labute approximate surface area is 230 Å². The van der Waals surface area contributed by atoms with Gasteiger partial charge in [0.15, 0.2) is 17.3 Å². The third kappa shape index (κ3) is 5.73. The average Bonchev–Trinajstić information content (AvgIpc) is 3.23. The molecule has 210 valence electrons. The van der Waals surface area contributed by atoms with Crippen LogP contribution in [0, 0.1) is 0 Å². The quantitative estimate of drug-likeness (QED) is 0.261. The summed E-state index contributed by atoms with van der Waals surface area (Å²) in [7, 11) is 3.24. The van der Waals surface area contributed by atoms with Crippen molar-refractivity contribution in [3.8, 4) is 11.4 Å². The SMILES string of the molecule is C/C=C(/c1ccc(Cn2c(=O)[nH]c3c(NC)nc(-c4ccccc4C(C)C)nc32)cc1)N(C)/C=C(\N)C(F)(F)F. The number of aromatic amines is 1. The molecule has 4 N–H and O–H groups in total. The van der Waals surface area contributed by atoms with E-state index in [-0.39, 0.29) is 18.2 Å². The number of benzene rings is 2. The molecule has 0 aliphatic carbocycles. The lowest BCUT2D eigenvalue weighted by molar-refractivity contribution is -0.0934. The summed E-state index contributed by atoms with van der Waals surface area (Å²) in [4.78, 5) is 26.7. The van der Waals surface area contributed by atoms with Crippen LogP contribution < -0.4 is 16.7 Å². The topological polar surface area (TPSA) is 105 Å². The zero-order valence-corrected chi connectivity index (χ0v) is 23.0. The highest BCUT2D eigenvalue weighted by Gasteiger charge is 2.32. The summed E-state index contributed by atoms with van der Waals surface area (Å²) in [6.07, 6.45) is -2.06. The highest BCUT2D eigenvalue weighted by Crippen LogP contribution is 2.30. The maximum absolute atomic E-state index is 13.0. The van der Waals surface area contributed by atoms with Crippen molar-refractivity contribution in [3.05, 3.63) is 93.7 Å². The van der Waals surface area contributed by atoms with Crippen LogP contribution in [-0.2, 0) is 6.54 Å². The molecule has 0 aliphatic heterocycles. The highest BCUT2D eigenvalue weighted by atomic mass is 19.4. The summed E-state index contributed by atoms with van der Waals surface area (Å²) in [5.74, 6) is 1.27. The first kappa shape index (κ1) is 28.5. The lowest BCUT2D eigenvalue weighted by Gasteiger charge is -2.20. The van der Waals surface area contributed by atoms with E-state index in [9.17, 15) is 18.0 Å². The first-order chi connectivity index (χ1) is 18.9. The molecule has 11 heteroatoms. The lowest BCUT2D eigenvalue weighted by Crippen LogP contribution is -2.23. The average molecular weight is 552 g/mol. The predicted octanol–water partition coefficient (Wildman–Crippen LogP) is 5.66. The van der Waals surface area contributed by atoms with E-state index in [1.165, 1.54) is 11.9 Å². The van der Waals surface area contributed by atoms with Gasteiger partial charge in [0, 0.05) is 31.6 Å². The van der Waals surface area contributed by atoms with E-state index in [0.717, 1.165) is 22.9 Å². The zero-order chi connectivity index (χ0) is 29.2. The van der Waals surface area contributed by atoms with Crippen LogP contribution >= 0.6 is 0 Å². The van der Waals surface area contributed by atoms with E-state index in [4.69, 9.17) is 10.7 Å². The van der Waals surface area contributed by atoms with Gasteiger partial charge in [0.2, 0.25) is 0 Å². The summed E-state index contributed by atoms with van der Waals surface area (Å²) in [6, 6.07) is 15.1. The van der Waals surface area contributed by atoms with Gasteiger partial charge in [-0.1, -0.05) is 68.5 Å². The smallest absolute Gasteiger partial charge is 0.394 e. The second-order valence-corrected chi connectivity index (χ2v) is 9.67. The largest absolute Gasteiger partial charge is 0.432 e. The summed E-state index contributed by atoms with van der Waals surface area (Å²) in [6.45, 7) is 6.17. The molecule has 0 saturated carbocycles. The second kappa shape index (κ2) is 11.3. The molecule has 40 heavy (non-hydrogen) atoms. The first-order valence-electron chi connectivity index (χ1n) is 12.7. The van der Waals surface area contributed by atoms with Crippen molar-refractivity contribution in [2.75, 3.05) is 19.4 Å². The molecule has 4 aromatic rings. The number of nitrogens with one attached hydrogen (secondary N) is 2. The molecule has 2 aromatic heterocycles. The number of hydrogen-bond donors (Lipinski definition) is 3. The fourth-order valence-electron chi connectivity index (χ4n) is 4.57. The normalized spacial score (nSPS) is 12.8. The van der Waals surface area contributed by atoms with E-state index >= 15 is 0 Å². The van der Waals surface area contributed by atoms with Crippen molar-refractivity contribution < 1.29 is 13.2 Å². The molecular formula is C29H32F3N7O. The van der Waals surface area contributed by atoms with Gasteiger partial charge in [-0.25, -0.2) is 14.8 Å². The number of alkyl halides is 3. The molecule has 0 aliphatic rings. The van der Waals surface area contributed by atoms with Gasteiger partial charge in [0.1, 0.15) is 11.2 Å². The van der Waals surface area contributed by atoms with Crippen LogP contribution in [0.15, 0.2) is 71.3 Å². The number of aromatic nitrogens is 4. The number of allylic oxidation sites excluding steroid dienone is 2. The van der Waals surface area contributed by atoms with Crippen molar-refractivity contribution in [1.29, 1.82) is 0 Å². The molecule has 0 spiro atoms. The van der Waals surface area contributed by atoms with Crippen LogP contribution in [-0.4, -0.2) is 44.7 Å². The van der Waals surface area contributed by atoms with Crippen molar-refractivity contribution in [1.82, 2.24) is 24.4 Å². The summed E-state index contributed by atoms with van der Waals surface area (Å²) >= 11 is 0. The van der Waals surface area contributed by atoms with Crippen LogP contribution in [0.2, 0.25) is 0 Å². The zero-order valence-electron chi connectivity index (χ0n) is 23.0. The van der Waals surface area contributed by atoms with Crippen molar-refractivity contribution in [3.63, 3.8) is 0 Å². The third-order valence-corrected chi connectivity index (χ3v) is 6.59. The summed E-state index contributed by atoms with van der Waals surface area (Å²) in [5.41, 5.74) is 8.67. The maximum atomic E-state index is 13.0. The number of fused-ring (bicyclic) bond motifs is 1. The lowest BCUT2D eigenvalue weighted by atomic mass is 9.97. The van der Waals surface area contributed by atoms with Gasteiger partial charge in [-0.05, 0) is 29.5 Å². The Balaban J connectivity index is 1.70. The van der Waals surface area contributed by atoms with E-state index in [1.54, 1.807) is 36.7 Å². The van der Waals surface area contributed by atoms with Crippen LogP contribution in [0.5, 0.6) is 0 Å². The van der Waals surface area contributed by atoms with Gasteiger partial charge in [-0.3, -0.25) is 4.57 Å². The van der Waals surface area contributed by atoms with Crippen LogP contribution in [0.25, 0.3) is 28.2 Å². The van der Waals surface area contributed by atoms with Gasteiger partial charge in [0.25, 0.3) is 0 Å². The summed E-state index contributed by atoms with van der Waals surface area (Å²) in [5, 5.41) is 3.06.